The molecule has 1 saturated heterocycles. The van der Waals surface area contributed by atoms with E-state index in [-0.39, 0.29) is 0 Å². The van der Waals surface area contributed by atoms with Crippen molar-refractivity contribution in [2.24, 2.45) is 11.7 Å². The van der Waals surface area contributed by atoms with E-state index in [2.05, 4.69) is 6.92 Å². The van der Waals surface area contributed by atoms with Gasteiger partial charge in [0.1, 0.15) is 0 Å². The second-order valence-electron chi connectivity index (χ2n) is 5.90. The van der Waals surface area contributed by atoms with Gasteiger partial charge in [-0.05, 0) is 55.4 Å². The van der Waals surface area contributed by atoms with Gasteiger partial charge in [-0.15, -0.1) is 0 Å². The van der Waals surface area contributed by atoms with E-state index in [1.165, 1.54) is 0 Å². The van der Waals surface area contributed by atoms with Gasteiger partial charge in [0.25, 0.3) is 0 Å². The lowest BCUT2D eigenvalue weighted by Gasteiger charge is -2.21. The highest BCUT2D eigenvalue weighted by atomic mass is 32.2. The molecule has 1 aromatic carbocycles. The molecule has 2 N–H and O–H groups in total. The first-order chi connectivity index (χ1) is 9.98. The average molecular weight is 310 g/mol. The third-order valence-corrected chi connectivity index (χ3v) is 6.45. The third-order valence-electron chi connectivity index (χ3n) is 4.56. The van der Waals surface area contributed by atoms with E-state index in [0.717, 1.165) is 36.8 Å². The standard InChI is InChI=1S/C16H26N2O2S/c1-3-14-5-4-9-18(10-8-14)21(19,20)16-7-6-15(12-17)13(2)11-16/h6-7,11,14H,3-5,8-10,12,17H2,1-2H3. The summed E-state index contributed by atoms with van der Waals surface area (Å²) in [5.41, 5.74) is 7.58. The van der Waals surface area contributed by atoms with Gasteiger partial charge in [0.05, 0.1) is 4.90 Å². The van der Waals surface area contributed by atoms with Crippen LogP contribution in [-0.4, -0.2) is 25.8 Å². The SMILES string of the molecule is CCC1CCCN(S(=O)(=O)c2ccc(CN)c(C)c2)CC1. The van der Waals surface area contributed by atoms with Crippen molar-refractivity contribution in [2.75, 3.05) is 13.1 Å². The van der Waals surface area contributed by atoms with Gasteiger partial charge in [0.15, 0.2) is 0 Å². The van der Waals surface area contributed by atoms with Crippen LogP contribution in [0.2, 0.25) is 0 Å². The molecule has 118 valence electrons. The van der Waals surface area contributed by atoms with Gasteiger partial charge in [0.2, 0.25) is 10.0 Å². The number of nitrogens with two attached hydrogens (primary N) is 1. The quantitative estimate of drug-likeness (QED) is 0.930. The lowest BCUT2D eigenvalue weighted by atomic mass is 9.98. The van der Waals surface area contributed by atoms with Gasteiger partial charge in [-0.3, -0.25) is 0 Å². The first-order valence-electron chi connectivity index (χ1n) is 7.78. The van der Waals surface area contributed by atoms with Crippen molar-refractivity contribution < 1.29 is 8.42 Å². The van der Waals surface area contributed by atoms with Gasteiger partial charge in [-0.2, -0.15) is 4.31 Å². The van der Waals surface area contributed by atoms with Crippen LogP contribution in [0.25, 0.3) is 0 Å². The van der Waals surface area contributed by atoms with E-state index in [4.69, 9.17) is 5.73 Å². The molecule has 0 spiro atoms. The van der Waals surface area contributed by atoms with E-state index in [1.807, 2.05) is 13.0 Å². The largest absolute Gasteiger partial charge is 0.326 e. The van der Waals surface area contributed by atoms with Gasteiger partial charge in [0, 0.05) is 19.6 Å². The average Bonchev–Trinajstić information content (AvgIpc) is 2.72. The minimum absolute atomic E-state index is 0.396. The second kappa shape index (κ2) is 6.90. The predicted molar refractivity (Wildman–Crippen MR) is 85.5 cm³/mol. The molecule has 1 atom stereocenters. The minimum Gasteiger partial charge on any atom is -0.326 e. The highest BCUT2D eigenvalue weighted by molar-refractivity contribution is 7.89. The van der Waals surface area contributed by atoms with Crippen LogP contribution in [0.4, 0.5) is 0 Å². The Hall–Kier alpha value is -0.910. The van der Waals surface area contributed by atoms with Crippen LogP contribution in [-0.2, 0) is 16.6 Å². The summed E-state index contributed by atoms with van der Waals surface area (Å²) >= 11 is 0. The first kappa shape index (κ1) is 16.5. The maximum Gasteiger partial charge on any atom is 0.243 e. The molecule has 1 aliphatic rings. The van der Waals surface area contributed by atoms with E-state index in [9.17, 15) is 8.42 Å². The van der Waals surface area contributed by atoms with Crippen LogP contribution in [0, 0.1) is 12.8 Å². The number of hydrogen-bond donors (Lipinski definition) is 1. The molecule has 1 aliphatic heterocycles. The van der Waals surface area contributed by atoms with Gasteiger partial charge >= 0.3 is 0 Å². The highest BCUT2D eigenvalue weighted by Gasteiger charge is 2.27. The Balaban J connectivity index is 2.23. The summed E-state index contributed by atoms with van der Waals surface area (Å²) in [7, 11) is -3.37. The van der Waals surface area contributed by atoms with E-state index >= 15 is 0 Å². The maximum absolute atomic E-state index is 12.8. The Bertz CT molecular complexity index is 584. The Morgan fingerprint density at radius 3 is 2.67 bits per heavy atom. The summed E-state index contributed by atoms with van der Waals surface area (Å²) in [5.74, 6) is 0.659. The van der Waals surface area contributed by atoms with Crippen LogP contribution in [0.15, 0.2) is 23.1 Å². The van der Waals surface area contributed by atoms with Crippen molar-refractivity contribution in [3.05, 3.63) is 29.3 Å². The lowest BCUT2D eigenvalue weighted by molar-refractivity contribution is 0.407. The number of hydrogen-bond acceptors (Lipinski definition) is 3. The highest BCUT2D eigenvalue weighted by Crippen LogP contribution is 2.25. The van der Waals surface area contributed by atoms with Gasteiger partial charge < -0.3 is 5.73 Å². The summed E-state index contributed by atoms with van der Waals surface area (Å²) in [4.78, 5) is 0.396. The molecule has 0 bridgehead atoms. The number of nitrogens with zero attached hydrogens (tertiary/aromatic N) is 1. The van der Waals surface area contributed by atoms with Crippen molar-refractivity contribution in [1.82, 2.24) is 4.31 Å². The molecule has 4 nitrogen and oxygen atoms in total. The fourth-order valence-corrected chi connectivity index (χ4v) is 4.57. The zero-order chi connectivity index (χ0) is 15.5. The molecule has 0 saturated carbocycles. The van der Waals surface area contributed by atoms with Crippen molar-refractivity contribution in [3.63, 3.8) is 0 Å². The zero-order valence-electron chi connectivity index (χ0n) is 13.0. The van der Waals surface area contributed by atoms with E-state index < -0.39 is 10.0 Å². The normalized spacial score (nSPS) is 21.2. The summed E-state index contributed by atoms with van der Waals surface area (Å²) < 4.78 is 27.2. The molecule has 0 aromatic heterocycles. The van der Waals surface area contributed by atoms with Crippen LogP contribution in [0.5, 0.6) is 0 Å². The lowest BCUT2D eigenvalue weighted by Crippen LogP contribution is -2.32. The minimum atomic E-state index is -3.37. The maximum atomic E-state index is 12.8. The Kier molecular flexibility index (Phi) is 5.41. The fraction of sp³-hybridized carbons (Fsp3) is 0.625. The molecule has 2 rings (SSSR count). The number of benzene rings is 1. The van der Waals surface area contributed by atoms with Crippen molar-refractivity contribution in [2.45, 2.75) is 51.0 Å². The summed E-state index contributed by atoms with van der Waals surface area (Å²) in [6.45, 7) is 5.81. The van der Waals surface area contributed by atoms with Gasteiger partial charge in [-0.25, -0.2) is 8.42 Å². The van der Waals surface area contributed by atoms with Crippen molar-refractivity contribution in [1.29, 1.82) is 0 Å². The van der Waals surface area contributed by atoms with Crippen LogP contribution in [0.3, 0.4) is 0 Å². The summed E-state index contributed by atoms with van der Waals surface area (Å²) in [6.07, 6.45) is 4.19. The third kappa shape index (κ3) is 3.65. The monoisotopic (exact) mass is 310 g/mol. The fourth-order valence-electron chi connectivity index (χ4n) is 2.99. The Morgan fingerprint density at radius 2 is 2.05 bits per heavy atom. The summed E-state index contributed by atoms with van der Waals surface area (Å²) in [5, 5.41) is 0. The van der Waals surface area contributed by atoms with Crippen LogP contribution >= 0.6 is 0 Å². The molecular formula is C16H26N2O2S. The molecule has 0 radical (unpaired) electrons. The molecule has 0 amide bonds. The van der Waals surface area contributed by atoms with Crippen LogP contribution in [0.1, 0.15) is 43.7 Å². The first-order valence-corrected chi connectivity index (χ1v) is 9.22. The summed E-state index contributed by atoms with van der Waals surface area (Å²) in [6, 6.07) is 5.27. The predicted octanol–water partition coefficient (Wildman–Crippen LogP) is 2.65. The van der Waals surface area contributed by atoms with E-state index in [1.54, 1.807) is 16.4 Å². The van der Waals surface area contributed by atoms with Crippen LogP contribution < -0.4 is 5.73 Å². The Labute approximate surface area is 128 Å². The number of sulfonamides is 1. The molecule has 1 fully saturated rings. The molecule has 1 aromatic rings. The molecule has 21 heavy (non-hydrogen) atoms. The topological polar surface area (TPSA) is 63.4 Å². The zero-order valence-corrected chi connectivity index (χ0v) is 13.8. The van der Waals surface area contributed by atoms with Crippen molar-refractivity contribution >= 4 is 10.0 Å². The molecule has 5 heteroatoms. The second-order valence-corrected chi connectivity index (χ2v) is 7.84. The van der Waals surface area contributed by atoms with Crippen molar-refractivity contribution in [3.8, 4) is 0 Å². The number of rotatable bonds is 4. The Morgan fingerprint density at radius 1 is 1.29 bits per heavy atom. The van der Waals surface area contributed by atoms with E-state index in [0.29, 0.717) is 30.4 Å². The molecule has 1 heterocycles. The van der Waals surface area contributed by atoms with Gasteiger partial charge in [-0.1, -0.05) is 19.4 Å². The smallest absolute Gasteiger partial charge is 0.243 e. The molecule has 1 unspecified atom stereocenters. The number of aryl methyl sites for hydroxylation is 1. The molecule has 0 aliphatic carbocycles. The molecular weight excluding hydrogens is 284 g/mol.